The number of rotatable bonds is 6. The Labute approximate surface area is 137 Å². The maximum atomic E-state index is 11.5. The van der Waals surface area contributed by atoms with Gasteiger partial charge in [-0.05, 0) is 60.1 Å². The van der Waals surface area contributed by atoms with Crippen molar-refractivity contribution < 1.29 is 9.53 Å². The minimum Gasteiger partial charge on any atom is -0.494 e. The minimum atomic E-state index is 0.0586. The predicted molar refractivity (Wildman–Crippen MR) is 89.1 cm³/mol. The number of benzene rings is 1. The lowest BCUT2D eigenvalue weighted by Gasteiger charge is -2.11. The molecule has 0 aliphatic carbocycles. The number of hydrogen-bond donors (Lipinski definition) is 0. The van der Waals surface area contributed by atoms with E-state index in [9.17, 15) is 4.79 Å². The maximum absolute atomic E-state index is 11.5. The van der Waals surface area contributed by atoms with Crippen molar-refractivity contribution in [3.63, 3.8) is 0 Å². The van der Waals surface area contributed by atoms with E-state index in [4.69, 9.17) is 4.74 Å². The first-order valence-electron chi connectivity index (χ1n) is 6.61. The Bertz CT molecular complexity index is 646. The summed E-state index contributed by atoms with van der Waals surface area (Å²) in [6, 6.07) is 9.42. The van der Waals surface area contributed by atoms with Crippen LogP contribution in [0.2, 0.25) is 0 Å². The van der Waals surface area contributed by atoms with Gasteiger partial charge >= 0.3 is 0 Å². The van der Waals surface area contributed by atoms with E-state index in [2.05, 4.69) is 20.9 Å². The molecule has 0 bridgehead atoms. The number of carbonyl (C=O) groups excluding carboxylic acids is 1. The van der Waals surface area contributed by atoms with Crippen LogP contribution in [0.4, 0.5) is 0 Å². The smallest absolute Gasteiger partial charge is 0.159 e. The van der Waals surface area contributed by atoms with E-state index in [0.29, 0.717) is 17.9 Å². The Morgan fingerprint density at radius 1 is 1.38 bits per heavy atom. The lowest BCUT2D eigenvalue weighted by molar-refractivity contribution is 0.101. The Morgan fingerprint density at radius 3 is 2.86 bits per heavy atom. The highest BCUT2D eigenvalue weighted by atomic mass is 79.9. The lowest BCUT2D eigenvalue weighted by Crippen LogP contribution is -1.99. The molecule has 0 spiro atoms. The average molecular weight is 366 g/mol. The van der Waals surface area contributed by atoms with Gasteiger partial charge in [0.15, 0.2) is 5.78 Å². The molecule has 0 N–H and O–H groups in total. The molecule has 2 aromatic rings. The molecule has 0 amide bonds. The van der Waals surface area contributed by atoms with Crippen molar-refractivity contribution in [3.8, 4) is 5.75 Å². The molecule has 0 atom stereocenters. The predicted octanol–water partition coefficient (Wildman–Crippen LogP) is 4.74. The number of pyridine rings is 1. The van der Waals surface area contributed by atoms with Gasteiger partial charge in [0.05, 0.1) is 6.61 Å². The number of hydrogen-bond acceptors (Lipinski definition) is 4. The first-order valence-corrected chi connectivity index (χ1v) is 8.39. The fourth-order valence-corrected chi connectivity index (χ4v) is 3.29. The van der Waals surface area contributed by atoms with Gasteiger partial charge in [-0.25, -0.2) is 4.98 Å². The zero-order valence-corrected chi connectivity index (χ0v) is 14.3. The van der Waals surface area contributed by atoms with E-state index >= 15 is 0 Å². The molecule has 1 aromatic carbocycles. The van der Waals surface area contributed by atoms with Gasteiger partial charge in [-0.15, -0.1) is 11.8 Å². The van der Waals surface area contributed by atoms with Crippen LogP contribution in [-0.2, 0) is 5.75 Å². The van der Waals surface area contributed by atoms with Gasteiger partial charge in [-0.1, -0.05) is 0 Å². The molecule has 0 fully saturated rings. The van der Waals surface area contributed by atoms with E-state index in [1.807, 2.05) is 31.2 Å². The van der Waals surface area contributed by atoms with Crippen LogP contribution in [0, 0.1) is 0 Å². The molecular weight excluding hydrogens is 350 g/mol. The lowest BCUT2D eigenvalue weighted by atomic mass is 10.1. The molecule has 0 unspecified atom stereocenters. The number of halogens is 1. The summed E-state index contributed by atoms with van der Waals surface area (Å²) in [6.07, 6.45) is 1.77. The Kier molecular flexibility index (Phi) is 5.82. The highest BCUT2D eigenvalue weighted by Crippen LogP contribution is 2.31. The van der Waals surface area contributed by atoms with Crippen LogP contribution in [0.25, 0.3) is 0 Å². The van der Waals surface area contributed by atoms with Crippen molar-refractivity contribution >= 4 is 33.5 Å². The molecule has 0 saturated heterocycles. The van der Waals surface area contributed by atoms with Crippen molar-refractivity contribution in [2.24, 2.45) is 0 Å². The zero-order valence-electron chi connectivity index (χ0n) is 11.9. The number of ketones is 1. The van der Waals surface area contributed by atoms with Gasteiger partial charge in [0.2, 0.25) is 0 Å². The second kappa shape index (κ2) is 7.61. The topological polar surface area (TPSA) is 39.2 Å². The van der Waals surface area contributed by atoms with Gasteiger partial charge < -0.3 is 4.74 Å². The van der Waals surface area contributed by atoms with Crippen molar-refractivity contribution in [2.45, 2.75) is 24.6 Å². The van der Waals surface area contributed by atoms with E-state index in [1.165, 1.54) is 0 Å². The third-order valence-corrected chi connectivity index (χ3v) is 4.81. The fourth-order valence-electron chi connectivity index (χ4n) is 1.83. The number of carbonyl (C=O) groups is 1. The van der Waals surface area contributed by atoms with Gasteiger partial charge in [-0.2, -0.15) is 0 Å². The van der Waals surface area contributed by atoms with Crippen LogP contribution in [0.3, 0.4) is 0 Å². The van der Waals surface area contributed by atoms with E-state index in [-0.39, 0.29) is 5.78 Å². The summed E-state index contributed by atoms with van der Waals surface area (Å²) in [5, 5.41) is 0.924. The van der Waals surface area contributed by atoms with E-state index in [0.717, 1.165) is 20.8 Å². The highest BCUT2D eigenvalue weighted by Gasteiger charge is 2.10. The molecular formula is C16H16BrNO2S. The summed E-state index contributed by atoms with van der Waals surface area (Å²) in [4.78, 5) is 15.9. The molecule has 1 aromatic heterocycles. The van der Waals surface area contributed by atoms with E-state index in [1.54, 1.807) is 30.9 Å². The minimum absolute atomic E-state index is 0.0586. The summed E-state index contributed by atoms with van der Waals surface area (Å²) in [5.41, 5.74) is 1.71. The third-order valence-electron chi connectivity index (χ3n) is 2.86. The van der Waals surface area contributed by atoms with Crippen molar-refractivity contribution in [3.05, 3.63) is 52.1 Å². The molecule has 110 valence electrons. The summed E-state index contributed by atoms with van der Waals surface area (Å²) in [6.45, 7) is 4.12. The Morgan fingerprint density at radius 2 is 2.19 bits per heavy atom. The normalized spacial score (nSPS) is 10.4. The van der Waals surface area contributed by atoms with E-state index < -0.39 is 0 Å². The second-order valence-electron chi connectivity index (χ2n) is 4.39. The molecule has 0 aliphatic heterocycles. The van der Waals surface area contributed by atoms with Gasteiger partial charge in [-0.3, -0.25) is 4.79 Å². The molecule has 2 rings (SSSR count). The van der Waals surface area contributed by atoms with Gasteiger partial charge in [0.1, 0.15) is 10.8 Å². The van der Waals surface area contributed by atoms with Crippen LogP contribution < -0.4 is 4.74 Å². The summed E-state index contributed by atoms with van der Waals surface area (Å²) < 4.78 is 6.60. The van der Waals surface area contributed by atoms with Crippen molar-refractivity contribution in [2.75, 3.05) is 6.61 Å². The quantitative estimate of drug-likeness (QED) is 0.547. The first kappa shape index (κ1) is 16.0. The van der Waals surface area contributed by atoms with Crippen molar-refractivity contribution in [1.29, 1.82) is 0 Å². The molecule has 3 nitrogen and oxygen atoms in total. The Hall–Kier alpha value is -1.33. The Balaban J connectivity index is 2.22. The standard InChI is InChI=1S/C16H16BrNO2S/c1-3-20-15-7-6-12(11(2)19)9-13(15)10-21-16-14(17)5-4-8-18-16/h4-9H,3,10H2,1-2H3. The summed E-state index contributed by atoms with van der Waals surface area (Å²) in [5.74, 6) is 1.58. The first-order chi connectivity index (χ1) is 10.1. The monoisotopic (exact) mass is 365 g/mol. The second-order valence-corrected chi connectivity index (χ2v) is 6.21. The fraction of sp³-hybridized carbons (Fsp3) is 0.250. The molecule has 0 radical (unpaired) electrons. The van der Waals surface area contributed by atoms with Crippen molar-refractivity contribution in [1.82, 2.24) is 4.98 Å². The third kappa shape index (κ3) is 4.32. The SMILES string of the molecule is CCOc1ccc(C(C)=O)cc1CSc1ncccc1Br. The van der Waals surface area contributed by atoms with Gasteiger partial charge in [0, 0.05) is 27.5 Å². The maximum Gasteiger partial charge on any atom is 0.159 e. The zero-order chi connectivity index (χ0) is 15.2. The van der Waals surface area contributed by atoms with Crippen LogP contribution in [0.15, 0.2) is 46.0 Å². The number of aromatic nitrogens is 1. The van der Waals surface area contributed by atoms with Crippen LogP contribution in [0.1, 0.15) is 29.8 Å². The van der Waals surface area contributed by atoms with Gasteiger partial charge in [0.25, 0.3) is 0 Å². The molecule has 0 saturated carbocycles. The summed E-state index contributed by atoms with van der Waals surface area (Å²) in [7, 11) is 0. The number of thioether (sulfide) groups is 1. The molecule has 1 heterocycles. The molecule has 5 heteroatoms. The number of nitrogens with zero attached hydrogens (tertiary/aromatic N) is 1. The van der Waals surface area contributed by atoms with Crippen LogP contribution in [-0.4, -0.2) is 17.4 Å². The highest BCUT2D eigenvalue weighted by molar-refractivity contribution is 9.10. The van der Waals surface area contributed by atoms with Crippen LogP contribution >= 0.6 is 27.7 Å². The number of ether oxygens (including phenoxy) is 1. The average Bonchev–Trinajstić information content (AvgIpc) is 2.47. The summed E-state index contributed by atoms with van der Waals surface area (Å²) >= 11 is 5.10. The van der Waals surface area contributed by atoms with Crippen LogP contribution in [0.5, 0.6) is 5.75 Å². The number of Topliss-reactive ketones (excluding diaryl/α,β-unsaturated/α-hetero) is 1. The molecule has 0 aliphatic rings. The largest absolute Gasteiger partial charge is 0.494 e. The molecule has 21 heavy (non-hydrogen) atoms.